The van der Waals surface area contributed by atoms with Crippen LogP contribution in [0.15, 0.2) is 48.5 Å². The fourth-order valence-corrected chi connectivity index (χ4v) is 3.90. The Morgan fingerprint density at radius 1 is 1.09 bits per heavy atom. The SMILES string of the molecule is COc1ccc(OCC(=O)c2cc(C)n(CC3COc4ccccc4O3)c2C)c(C(N)=O)c1. The van der Waals surface area contributed by atoms with Crippen molar-refractivity contribution in [1.82, 2.24) is 4.57 Å². The number of carbonyl (C=O) groups excluding carboxylic acids is 2. The Bertz CT molecular complexity index is 1200. The summed E-state index contributed by atoms with van der Waals surface area (Å²) in [4.78, 5) is 24.7. The number of fused-ring (bicyclic) bond motifs is 1. The monoisotopic (exact) mass is 450 g/mol. The van der Waals surface area contributed by atoms with Crippen LogP contribution in [0, 0.1) is 13.8 Å². The zero-order chi connectivity index (χ0) is 23.5. The van der Waals surface area contributed by atoms with Crippen molar-refractivity contribution in [3.63, 3.8) is 0 Å². The summed E-state index contributed by atoms with van der Waals surface area (Å²) in [5, 5.41) is 0. The molecule has 0 spiro atoms. The van der Waals surface area contributed by atoms with Gasteiger partial charge in [-0.05, 0) is 50.2 Å². The molecule has 1 aromatic heterocycles. The lowest BCUT2D eigenvalue weighted by Gasteiger charge is -2.27. The molecule has 2 heterocycles. The van der Waals surface area contributed by atoms with Crippen LogP contribution in [-0.2, 0) is 6.54 Å². The molecule has 2 N–H and O–H groups in total. The van der Waals surface area contributed by atoms with E-state index in [1.165, 1.54) is 13.2 Å². The number of benzene rings is 2. The van der Waals surface area contributed by atoms with E-state index >= 15 is 0 Å². The van der Waals surface area contributed by atoms with Gasteiger partial charge < -0.3 is 29.2 Å². The number of aryl methyl sites for hydroxylation is 1. The molecule has 1 atom stereocenters. The second-order valence-electron chi connectivity index (χ2n) is 7.83. The van der Waals surface area contributed by atoms with Crippen molar-refractivity contribution >= 4 is 11.7 Å². The molecule has 8 heteroatoms. The first-order valence-corrected chi connectivity index (χ1v) is 10.6. The lowest BCUT2D eigenvalue weighted by atomic mass is 10.1. The van der Waals surface area contributed by atoms with E-state index in [1.54, 1.807) is 12.1 Å². The standard InChI is InChI=1S/C25H26N2O6/c1-15-10-19(21(28)14-32-22-9-8-17(30-3)11-20(22)25(26)29)16(2)27(15)12-18-13-31-23-6-4-5-7-24(23)33-18/h4-11,18H,12-14H2,1-3H3,(H2,26,29). The van der Waals surface area contributed by atoms with Gasteiger partial charge in [-0.1, -0.05) is 12.1 Å². The second-order valence-corrected chi connectivity index (χ2v) is 7.83. The van der Waals surface area contributed by atoms with Crippen LogP contribution < -0.4 is 24.7 Å². The van der Waals surface area contributed by atoms with Crippen molar-refractivity contribution < 1.29 is 28.5 Å². The molecule has 1 aliphatic heterocycles. The number of amides is 1. The predicted molar refractivity (Wildman–Crippen MR) is 122 cm³/mol. The minimum Gasteiger partial charge on any atom is -0.497 e. The van der Waals surface area contributed by atoms with E-state index < -0.39 is 5.91 Å². The number of carbonyl (C=O) groups is 2. The maximum absolute atomic E-state index is 12.9. The van der Waals surface area contributed by atoms with Gasteiger partial charge in [0.1, 0.15) is 18.1 Å². The van der Waals surface area contributed by atoms with Crippen LogP contribution in [0.5, 0.6) is 23.0 Å². The maximum Gasteiger partial charge on any atom is 0.252 e. The number of nitrogens with zero attached hydrogens (tertiary/aromatic N) is 1. The highest BCUT2D eigenvalue weighted by Crippen LogP contribution is 2.32. The minimum absolute atomic E-state index is 0.155. The molecule has 0 radical (unpaired) electrons. The first-order chi connectivity index (χ1) is 15.9. The normalized spacial score (nSPS) is 14.6. The van der Waals surface area contributed by atoms with Crippen molar-refractivity contribution in [1.29, 1.82) is 0 Å². The number of Topliss-reactive ketones (excluding diaryl/α,β-unsaturated/α-hetero) is 1. The molecular formula is C25H26N2O6. The van der Waals surface area contributed by atoms with E-state index in [9.17, 15) is 9.59 Å². The van der Waals surface area contributed by atoms with Gasteiger partial charge in [0.05, 0.1) is 19.2 Å². The van der Waals surface area contributed by atoms with Crippen LogP contribution in [0.4, 0.5) is 0 Å². The lowest BCUT2D eigenvalue weighted by Crippen LogP contribution is -2.33. The molecule has 4 rings (SSSR count). The lowest BCUT2D eigenvalue weighted by molar-refractivity contribution is 0.0777. The molecule has 33 heavy (non-hydrogen) atoms. The van der Waals surface area contributed by atoms with E-state index in [-0.39, 0.29) is 29.8 Å². The van der Waals surface area contributed by atoms with Gasteiger partial charge in [-0.15, -0.1) is 0 Å². The number of hydrogen-bond donors (Lipinski definition) is 1. The third kappa shape index (κ3) is 4.64. The highest BCUT2D eigenvalue weighted by Gasteiger charge is 2.24. The summed E-state index contributed by atoms with van der Waals surface area (Å²) in [5.41, 5.74) is 7.89. The Kier molecular flexibility index (Phi) is 6.26. The molecule has 2 aromatic carbocycles. The van der Waals surface area contributed by atoms with Gasteiger partial charge in [-0.2, -0.15) is 0 Å². The summed E-state index contributed by atoms with van der Waals surface area (Å²) in [7, 11) is 1.49. The van der Waals surface area contributed by atoms with Crippen molar-refractivity contribution in [2.75, 3.05) is 20.3 Å². The largest absolute Gasteiger partial charge is 0.497 e. The third-order valence-electron chi connectivity index (χ3n) is 5.64. The Morgan fingerprint density at radius 2 is 1.85 bits per heavy atom. The van der Waals surface area contributed by atoms with Crippen LogP contribution in [0.3, 0.4) is 0 Å². The predicted octanol–water partition coefficient (Wildman–Crippen LogP) is 3.31. The number of para-hydroxylation sites is 2. The van der Waals surface area contributed by atoms with Gasteiger partial charge in [-0.25, -0.2) is 0 Å². The molecule has 0 fully saturated rings. The Hall–Kier alpha value is -3.94. The van der Waals surface area contributed by atoms with E-state index in [4.69, 9.17) is 24.7 Å². The van der Waals surface area contributed by atoms with Gasteiger partial charge >= 0.3 is 0 Å². The molecule has 1 amide bonds. The molecule has 8 nitrogen and oxygen atoms in total. The minimum atomic E-state index is -0.661. The van der Waals surface area contributed by atoms with E-state index in [0.717, 1.165) is 17.1 Å². The molecular weight excluding hydrogens is 424 g/mol. The molecule has 0 bridgehead atoms. The molecule has 172 valence electrons. The summed E-state index contributed by atoms with van der Waals surface area (Å²) in [6.07, 6.45) is -0.179. The first-order valence-electron chi connectivity index (χ1n) is 10.6. The zero-order valence-electron chi connectivity index (χ0n) is 18.8. The summed E-state index contributed by atoms with van der Waals surface area (Å²) < 4.78 is 24.7. The number of nitrogens with two attached hydrogens (primary N) is 1. The van der Waals surface area contributed by atoms with Crippen LogP contribution in [-0.4, -0.2) is 42.7 Å². The van der Waals surface area contributed by atoms with Crippen LogP contribution in [0.25, 0.3) is 0 Å². The van der Waals surface area contributed by atoms with E-state index in [1.807, 2.05) is 48.7 Å². The number of ketones is 1. The number of methoxy groups -OCH3 is 1. The third-order valence-corrected chi connectivity index (χ3v) is 5.64. The van der Waals surface area contributed by atoms with Crippen molar-refractivity contribution in [2.45, 2.75) is 26.5 Å². The van der Waals surface area contributed by atoms with Crippen molar-refractivity contribution in [3.05, 3.63) is 71.0 Å². The highest BCUT2D eigenvalue weighted by molar-refractivity contribution is 5.99. The van der Waals surface area contributed by atoms with Gasteiger partial charge in [0.2, 0.25) is 5.78 Å². The second kappa shape index (κ2) is 9.28. The van der Waals surface area contributed by atoms with Crippen LogP contribution >= 0.6 is 0 Å². The van der Waals surface area contributed by atoms with Gasteiger partial charge in [0.25, 0.3) is 5.91 Å². The van der Waals surface area contributed by atoms with Gasteiger partial charge in [0, 0.05) is 17.0 Å². The van der Waals surface area contributed by atoms with Crippen molar-refractivity contribution in [2.24, 2.45) is 5.73 Å². The molecule has 0 saturated heterocycles. The molecule has 0 saturated carbocycles. The van der Waals surface area contributed by atoms with E-state index in [2.05, 4.69) is 0 Å². The summed E-state index contributed by atoms with van der Waals surface area (Å²) in [5.74, 6) is 1.29. The number of ether oxygens (including phenoxy) is 4. The van der Waals surface area contributed by atoms with Crippen molar-refractivity contribution in [3.8, 4) is 23.0 Å². The average Bonchev–Trinajstić information content (AvgIpc) is 3.10. The fourth-order valence-electron chi connectivity index (χ4n) is 3.90. The summed E-state index contributed by atoms with van der Waals surface area (Å²) in [6.45, 7) is 4.57. The fraction of sp³-hybridized carbons (Fsp3) is 0.280. The molecule has 0 aliphatic carbocycles. The van der Waals surface area contributed by atoms with E-state index in [0.29, 0.717) is 30.2 Å². The molecule has 1 aliphatic rings. The maximum atomic E-state index is 12.9. The van der Waals surface area contributed by atoms with Gasteiger partial charge in [0.15, 0.2) is 24.2 Å². The summed E-state index contributed by atoms with van der Waals surface area (Å²) in [6, 6.07) is 14.1. The number of primary amides is 1. The van der Waals surface area contributed by atoms with Crippen LogP contribution in [0.1, 0.15) is 32.1 Å². The molecule has 3 aromatic rings. The Balaban J connectivity index is 1.46. The van der Waals surface area contributed by atoms with Gasteiger partial charge in [-0.3, -0.25) is 9.59 Å². The first kappa shape index (κ1) is 22.3. The quantitative estimate of drug-likeness (QED) is 0.529. The topological polar surface area (TPSA) is 102 Å². The van der Waals surface area contributed by atoms with Crippen LogP contribution in [0.2, 0.25) is 0 Å². The smallest absolute Gasteiger partial charge is 0.252 e. The Morgan fingerprint density at radius 3 is 2.58 bits per heavy atom. The molecule has 1 unspecified atom stereocenters. The average molecular weight is 450 g/mol. The number of aromatic nitrogens is 1. The highest BCUT2D eigenvalue weighted by atomic mass is 16.6. The zero-order valence-corrected chi connectivity index (χ0v) is 18.8. The number of hydrogen-bond acceptors (Lipinski definition) is 6. The summed E-state index contributed by atoms with van der Waals surface area (Å²) >= 11 is 0. The Labute approximate surface area is 191 Å². The number of rotatable bonds is 8.